The zero-order valence-corrected chi connectivity index (χ0v) is 16.4. The van der Waals surface area contributed by atoms with Crippen molar-refractivity contribution >= 4 is 27.3 Å². The lowest BCUT2D eigenvalue weighted by molar-refractivity contribution is -0.384. The second kappa shape index (κ2) is 9.01. The van der Waals surface area contributed by atoms with E-state index in [0.29, 0.717) is 13.2 Å². The first-order valence-corrected chi connectivity index (χ1v) is 10.5. The standard InChI is InChI=1S/C19H21N3O6S/c23-19(20-13-17-5-4-12-28-17)14-21(15-8-10-16(11-9-15)22(24)25)29(26,27)18-6-2-1-3-7-18/h1-3,6-11,17H,4-5,12-14H2,(H,20,23)/t17-/m0/s1. The minimum absolute atomic E-state index is 0.0188. The van der Waals surface area contributed by atoms with Crippen LogP contribution >= 0.6 is 0 Å². The highest BCUT2D eigenvalue weighted by atomic mass is 32.2. The van der Waals surface area contributed by atoms with Crippen LogP contribution in [0.3, 0.4) is 0 Å². The molecule has 1 aliphatic heterocycles. The number of carbonyl (C=O) groups excluding carboxylic acids is 1. The Kier molecular flexibility index (Phi) is 6.45. The number of non-ortho nitro benzene ring substituents is 1. The summed E-state index contributed by atoms with van der Waals surface area (Å²) in [7, 11) is -4.05. The first kappa shape index (κ1) is 20.7. The van der Waals surface area contributed by atoms with Gasteiger partial charge in [-0.15, -0.1) is 0 Å². The summed E-state index contributed by atoms with van der Waals surface area (Å²) in [6.07, 6.45) is 1.70. The van der Waals surface area contributed by atoms with E-state index in [1.807, 2.05) is 0 Å². The van der Waals surface area contributed by atoms with E-state index in [2.05, 4.69) is 5.32 Å². The highest BCUT2D eigenvalue weighted by Crippen LogP contribution is 2.25. The van der Waals surface area contributed by atoms with Gasteiger partial charge in [-0.05, 0) is 37.1 Å². The Morgan fingerprint density at radius 3 is 2.45 bits per heavy atom. The summed E-state index contributed by atoms with van der Waals surface area (Å²) in [5.74, 6) is -0.488. The lowest BCUT2D eigenvalue weighted by atomic mass is 10.2. The number of anilines is 1. The molecule has 1 amide bonds. The van der Waals surface area contributed by atoms with E-state index in [-0.39, 0.29) is 22.4 Å². The SMILES string of the molecule is O=C(CN(c1ccc([N+](=O)[O-])cc1)S(=O)(=O)c1ccccc1)NC[C@@H]1CCCO1. The topological polar surface area (TPSA) is 119 Å². The van der Waals surface area contributed by atoms with E-state index in [1.54, 1.807) is 18.2 Å². The molecule has 154 valence electrons. The second-order valence-corrected chi connectivity index (χ2v) is 8.40. The number of hydrogen-bond acceptors (Lipinski definition) is 6. The van der Waals surface area contributed by atoms with Gasteiger partial charge >= 0.3 is 0 Å². The molecule has 1 heterocycles. The second-order valence-electron chi connectivity index (χ2n) is 6.54. The van der Waals surface area contributed by atoms with Crippen LogP contribution in [0.2, 0.25) is 0 Å². The van der Waals surface area contributed by atoms with Crippen LogP contribution in [-0.4, -0.2) is 45.0 Å². The van der Waals surface area contributed by atoms with Crippen molar-refractivity contribution < 1.29 is 22.9 Å². The number of rotatable bonds is 8. The maximum absolute atomic E-state index is 13.1. The molecule has 9 nitrogen and oxygen atoms in total. The zero-order chi connectivity index (χ0) is 20.9. The van der Waals surface area contributed by atoms with Gasteiger partial charge in [-0.3, -0.25) is 19.2 Å². The number of carbonyl (C=O) groups is 1. The van der Waals surface area contributed by atoms with Crippen LogP contribution in [0.4, 0.5) is 11.4 Å². The molecular formula is C19H21N3O6S. The number of ether oxygens (including phenoxy) is 1. The predicted molar refractivity (Wildman–Crippen MR) is 106 cm³/mol. The van der Waals surface area contributed by atoms with Crippen molar-refractivity contribution in [1.82, 2.24) is 5.32 Å². The van der Waals surface area contributed by atoms with Crippen LogP contribution in [0.25, 0.3) is 0 Å². The molecule has 0 spiro atoms. The predicted octanol–water partition coefficient (Wildman–Crippen LogP) is 2.09. The number of nitrogens with zero attached hydrogens (tertiary/aromatic N) is 2. The monoisotopic (exact) mass is 419 g/mol. The van der Waals surface area contributed by atoms with Gasteiger partial charge in [-0.25, -0.2) is 8.42 Å². The van der Waals surface area contributed by atoms with Gasteiger partial charge < -0.3 is 10.1 Å². The molecule has 3 rings (SSSR count). The zero-order valence-electron chi connectivity index (χ0n) is 15.6. The number of nitro groups is 1. The van der Waals surface area contributed by atoms with E-state index in [1.165, 1.54) is 36.4 Å². The number of hydrogen-bond donors (Lipinski definition) is 1. The van der Waals surface area contributed by atoms with Gasteiger partial charge in [0.15, 0.2) is 0 Å². The van der Waals surface area contributed by atoms with E-state index >= 15 is 0 Å². The van der Waals surface area contributed by atoms with Gasteiger partial charge in [0.05, 0.1) is 21.6 Å². The Hall–Kier alpha value is -2.98. The maximum Gasteiger partial charge on any atom is 0.269 e. The molecule has 1 atom stereocenters. The first-order valence-electron chi connectivity index (χ1n) is 9.08. The van der Waals surface area contributed by atoms with Crippen LogP contribution in [0, 0.1) is 10.1 Å². The molecule has 1 aliphatic rings. The number of nitrogens with one attached hydrogen (secondary N) is 1. The molecular weight excluding hydrogens is 398 g/mol. The van der Waals surface area contributed by atoms with Crippen molar-refractivity contribution in [3.8, 4) is 0 Å². The Morgan fingerprint density at radius 1 is 1.17 bits per heavy atom. The molecule has 10 heteroatoms. The van der Waals surface area contributed by atoms with Crippen LogP contribution in [0.15, 0.2) is 59.5 Å². The Morgan fingerprint density at radius 2 is 1.86 bits per heavy atom. The normalized spacial score (nSPS) is 16.3. The third-order valence-electron chi connectivity index (χ3n) is 4.52. The van der Waals surface area contributed by atoms with E-state index < -0.39 is 27.4 Å². The van der Waals surface area contributed by atoms with Crippen LogP contribution in [-0.2, 0) is 19.6 Å². The van der Waals surface area contributed by atoms with Gasteiger partial charge in [0.25, 0.3) is 15.7 Å². The average molecular weight is 419 g/mol. The minimum atomic E-state index is -4.05. The fraction of sp³-hybridized carbons (Fsp3) is 0.316. The molecule has 29 heavy (non-hydrogen) atoms. The van der Waals surface area contributed by atoms with Crippen molar-refractivity contribution in [2.75, 3.05) is 24.0 Å². The summed E-state index contributed by atoms with van der Waals surface area (Å²) in [5, 5.41) is 13.6. The van der Waals surface area contributed by atoms with E-state index in [9.17, 15) is 23.3 Å². The molecule has 1 saturated heterocycles. The third-order valence-corrected chi connectivity index (χ3v) is 6.31. The summed E-state index contributed by atoms with van der Waals surface area (Å²) in [6.45, 7) is 0.498. The van der Waals surface area contributed by atoms with Gasteiger partial charge in [-0.2, -0.15) is 0 Å². The minimum Gasteiger partial charge on any atom is -0.376 e. The highest BCUT2D eigenvalue weighted by molar-refractivity contribution is 7.92. The largest absolute Gasteiger partial charge is 0.376 e. The fourth-order valence-corrected chi connectivity index (χ4v) is 4.44. The van der Waals surface area contributed by atoms with Crippen molar-refractivity contribution in [3.63, 3.8) is 0 Å². The van der Waals surface area contributed by atoms with Gasteiger partial charge in [-0.1, -0.05) is 18.2 Å². The Labute approximate surface area is 168 Å². The van der Waals surface area contributed by atoms with Crippen molar-refractivity contribution in [3.05, 3.63) is 64.7 Å². The van der Waals surface area contributed by atoms with Crippen molar-refractivity contribution in [1.29, 1.82) is 0 Å². The maximum atomic E-state index is 13.1. The number of sulfonamides is 1. The molecule has 0 radical (unpaired) electrons. The molecule has 1 N–H and O–H groups in total. The molecule has 0 aliphatic carbocycles. The van der Waals surface area contributed by atoms with Crippen molar-refractivity contribution in [2.45, 2.75) is 23.8 Å². The Bertz CT molecular complexity index is 957. The summed E-state index contributed by atoms with van der Waals surface area (Å²) in [4.78, 5) is 22.8. The Balaban J connectivity index is 1.84. The van der Waals surface area contributed by atoms with Crippen LogP contribution < -0.4 is 9.62 Å². The quantitative estimate of drug-likeness (QED) is 0.517. The lowest BCUT2D eigenvalue weighted by Crippen LogP contribution is -2.42. The summed E-state index contributed by atoms with van der Waals surface area (Å²) in [5.41, 5.74) is -0.0136. The van der Waals surface area contributed by atoms with Crippen molar-refractivity contribution in [2.24, 2.45) is 0 Å². The molecule has 2 aromatic carbocycles. The van der Waals surface area contributed by atoms with E-state index in [0.717, 1.165) is 17.1 Å². The van der Waals surface area contributed by atoms with Gasteiger partial charge in [0.2, 0.25) is 5.91 Å². The number of benzene rings is 2. The molecule has 2 aromatic rings. The molecule has 0 bridgehead atoms. The molecule has 0 saturated carbocycles. The van der Waals surface area contributed by atoms with Gasteiger partial charge in [0, 0.05) is 25.3 Å². The smallest absolute Gasteiger partial charge is 0.269 e. The lowest BCUT2D eigenvalue weighted by Gasteiger charge is -2.24. The van der Waals surface area contributed by atoms with Crippen LogP contribution in [0.5, 0.6) is 0 Å². The average Bonchev–Trinajstić information content (AvgIpc) is 3.25. The summed E-state index contributed by atoms with van der Waals surface area (Å²) < 4.78 is 32.7. The summed E-state index contributed by atoms with van der Waals surface area (Å²) >= 11 is 0. The number of nitro benzene ring substituents is 1. The fourth-order valence-electron chi connectivity index (χ4n) is 2.99. The first-order chi connectivity index (χ1) is 13.9. The van der Waals surface area contributed by atoms with E-state index in [4.69, 9.17) is 4.74 Å². The third kappa shape index (κ3) is 5.09. The molecule has 0 unspecified atom stereocenters. The molecule has 0 aromatic heterocycles. The molecule has 1 fully saturated rings. The van der Waals surface area contributed by atoms with Gasteiger partial charge in [0.1, 0.15) is 6.54 Å². The highest BCUT2D eigenvalue weighted by Gasteiger charge is 2.28. The number of amides is 1. The van der Waals surface area contributed by atoms with Crippen LogP contribution in [0.1, 0.15) is 12.8 Å². The summed E-state index contributed by atoms with van der Waals surface area (Å²) in [6, 6.07) is 12.7.